The van der Waals surface area contributed by atoms with Crippen molar-refractivity contribution in [3.05, 3.63) is 70.5 Å². The highest BCUT2D eigenvalue weighted by Crippen LogP contribution is 2.27. The van der Waals surface area contributed by atoms with Crippen LogP contribution in [0.25, 0.3) is 0 Å². The van der Waals surface area contributed by atoms with E-state index in [1.807, 2.05) is 13.0 Å². The van der Waals surface area contributed by atoms with Crippen molar-refractivity contribution in [1.29, 1.82) is 0 Å². The summed E-state index contributed by atoms with van der Waals surface area (Å²) in [5.74, 6) is 0.147. The van der Waals surface area contributed by atoms with Crippen molar-refractivity contribution in [2.24, 2.45) is 0 Å². The average Bonchev–Trinajstić information content (AvgIpc) is 3.32. The standard InChI is InChI=1S/C19H18N2O4S2/c1-13-4-7-18(26-13)27(23,24)20-16-6-5-14-8-9-21(12-15(14)11-16)19(22)17-3-2-10-25-17/h2-7,10-11,20H,8-9,12H2,1H3. The number of aryl methyl sites for hydroxylation is 1. The molecule has 140 valence electrons. The van der Waals surface area contributed by atoms with E-state index in [9.17, 15) is 13.2 Å². The molecule has 0 aliphatic carbocycles. The Morgan fingerprint density at radius 2 is 2.04 bits per heavy atom. The van der Waals surface area contributed by atoms with Gasteiger partial charge in [0.05, 0.1) is 6.26 Å². The molecule has 1 aliphatic rings. The van der Waals surface area contributed by atoms with Gasteiger partial charge in [-0.3, -0.25) is 9.52 Å². The number of amides is 1. The van der Waals surface area contributed by atoms with Crippen LogP contribution >= 0.6 is 11.3 Å². The first-order valence-electron chi connectivity index (χ1n) is 8.46. The number of furan rings is 1. The van der Waals surface area contributed by atoms with Gasteiger partial charge in [0.25, 0.3) is 15.9 Å². The largest absolute Gasteiger partial charge is 0.459 e. The van der Waals surface area contributed by atoms with E-state index in [2.05, 4.69) is 4.72 Å². The molecule has 0 radical (unpaired) electrons. The molecular weight excluding hydrogens is 384 g/mol. The topological polar surface area (TPSA) is 79.6 Å². The van der Waals surface area contributed by atoms with Crippen LogP contribution in [0.5, 0.6) is 0 Å². The van der Waals surface area contributed by atoms with E-state index < -0.39 is 10.0 Å². The van der Waals surface area contributed by atoms with Crippen LogP contribution in [-0.2, 0) is 23.0 Å². The number of carbonyl (C=O) groups is 1. The van der Waals surface area contributed by atoms with Crippen LogP contribution in [0.2, 0.25) is 0 Å². The van der Waals surface area contributed by atoms with Crippen LogP contribution in [0.1, 0.15) is 26.6 Å². The van der Waals surface area contributed by atoms with Gasteiger partial charge in [-0.2, -0.15) is 0 Å². The van der Waals surface area contributed by atoms with Gasteiger partial charge in [0.2, 0.25) is 0 Å². The number of hydrogen-bond acceptors (Lipinski definition) is 5. The monoisotopic (exact) mass is 402 g/mol. The number of thiophene rings is 1. The first kappa shape index (κ1) is 17.8. The van der Waals surface area contributed by atoms with Gasteiger partial charge in [-0.25, -0.2) is 8.42 Å². The average molecular weight is 402 g/mol. The van der Waals surface area contributed by atoms with Gasteiger partial charge in [-0.15, -0.1) is 11.3 Å². The molecule has 1 aromatic carbocycles. The van der Waals surface area contributed by atoms with E-state index in [-0.39, 0.29) is 10.1 Å². The molecule has 6 nitrogen and oxygen atoms in total. The summed E-state index contributed by atoms with van der Waals surface area (Å²) in [5.41, 5.74) is 2.55. The Kier molecular flexibility index (Phi) is 4.53. The minimum Gasteiger partial charge on any atom is -0.459 e. The normalized spacial score (nSPS) is 14.0. The van der Waals surface area contributed by atoms with Crippen LogP contribution in [0.15, 0.2) is 57.4 Å². The molecule has 1 amide bonds. The summed E-state index contributed by atoms with van der Waals surface area (Å²) < 4.78 is 33.2. The maximum absolute atomic E-state index is 12.5. The van der Waals surface area contributed by atoms with Crippen molar-refractivity contribution in [2.75, 3.05) is 11.3 Å². The molecule has 3 heterocycles. The molecule has 1 N–H and O–H groups in total. The van der Waals surface area contributed by atoms with Crippen molar-refractivity contribution in [3.63, 3.8) is 0 Å². The summed E-state index contributed by atoms with van der Waals surface area (Å²) in [6, 6.07) is 12.2. The van der Waals surface area contributed by atoms with Crippen molar-refractivity contribution in [1.82, 2.24) is 4.90 Å². The highest BCUT2D eigenvalue weighted by Gasteiger charge is 2.24. The first-order chi connectivity index (χ1) is 12.9. The summed E-state index contributed by atoms with van der Waals surface area (Å²) in [6.45, 7) is 2.89. The maximum Gasteiger partial charge on any atom is 0.289 e. The molecule has 0 saturated carbocycles. The summed E-state index contributed by atoms with van der Waals surface area (Å²) in [4.78, 5) is 15.1. The molecule has 0 fully saturated rings. The van der Waals surface area contributed by atoms with Gasteiger partial charge in [0.1, 0.15) is 4.21 Å². The van der Waals surface area contributed by atoms with E-state index in [4.69, 9.17) is 4.42 Å². The third kappa shape index (κ3) is 3.63. The van der Waals surface area contributed by atoms with Crippen molar-refractivity contribution >= 4 is 33.0 Å². The second kappa shape index (κ2) is 6.86. The van der Waals surface area contributed by atoms with Crippen LogP contribution < -0.4 is 4.72 Å². The van der Waals surface area contributed by atoms with Gasteiger partial charge >= 0.3 is 0 Å². The molecule has 0 atom stereocenters. The maximum atomic E-state index is 12.5. The van der Waals surface area contributed by atoms with Crippen LogP contribution in [0.3, 0.4) is 0 Å². The molecule has 0 saturated heterocycles. The van der Waals surface area contributed by atoms with Crippen molar-refractivity contribution in [2.45, 2.75) is 24.1 Å². The van der Waals surface area contributed by atoms with E-state index in [1.54, 1.807) is 41.3 Å². The molecule has 0 bridgehead atoms. The lowest BCUT2D eigenvalue weighted by Gasteiger charge is -2.28. The Balaban J connectivity index is 1.55. The van der Waals surface area contributed by atoms with E-state index in [1.165, 1.54) is 17.6 Å². The van der Waals surface area contributed by atoms with E-state index in [0.717, 1.165) is 22.4 Å². The molecule has 2 aromatic heterocycles. The predicted octanol–water partition coefficient (Wildman–Crippen LogP) is 3.65. The Morgan fingerprint density at radius 3 is 2.74 bits per heavy atom. The highest BCUT2D eigenvalue weighted by molar-refractivity contribution is 7.94. The SMILES string of the molecule is Cc1ccc(S(=O)(=O)Nc2ccc3c(c2)CN(C(=O)c2ccco2)CC3)s1. The minimum atomic E-state index is -3.61. The molecule has 1 aliphatic heterocycles. The molecule has 0 unspecified atom stereocenters. The highest BCUT2D eigenvalue weighted by atomic mass is 32.2. The number of hydrogen-bond donors (Lipinski definition) is 1. The Labute approximate surface area is 161 Å². The Morgan fingerprint density at radius 1 is 1.19 bits per heavy atom. The molecular formula is C19H18N2O4S2. The first-order valence-corrected chi connectivity index (χ1v) is 10.8. The summed E-state index contributed by atoms with van der Waals surface area (Å²) >= 11 is 1.23. The molecule has 4 rings (SSSR count). The van der Waals surface area contributed by atoms with Gasteiger partial charge in [-0.1, -0.05) is 6.07 Å². The van der Waals surface area contributed by atoms with Crippen molar-refractivity contribution < 1.29 is 17.6 Å². The summed E-state index contributed by atoms with van der Waals surface area (Å²) in [7, 11) is -3.61. The lowest BCUT2D eigenvalue weighted by atomic mass is 9.99. The third-order valence-electron chi connectivity index (χ3n) is 4.47. The number of anilines is 1. The van der Waals surface area contributed by atoms with Gasteiger partial charge in [0.15, 0.2) is 5.76 Å². The Hall–Kier alpha value is -2.58. The fourth-order valence-electron chi connectivity index (χ4n) is 3.11. The molecule has 3 aromatic rings. The fourth-order valence-corrected chi connectivity index (χ4v) is 5.44. The van der Waals surface area contributed by atoms with Gasteiger partial charge in [-0.05, 0) is 60.9 Å². The number of rotatable bonds is 4. The lowest BCUT2D eigenvalue weighted by Crippen LogP contribution is -2.35. The van der Waals surface area contributed by atoms with E-state index in [0.29, 0.717) is 24.5 Å². The minimum absolute atomic E-state index is 0.161. The van der Waals surface area contributed by atoms with Crippen LogP contribution in [-0.4, -0.2) is 25.8 Å². The number of nitrogens with zero attached hydrogens (tertiary/aromatic N) is 1. The van der Waals surface area contributed by atoms with Crippen LogP contribution in [0.4, 0.5) is 5.69 Å². The number of nitrogens with one attached hydrogen (secondary N) is 1. The van der Waals surface area contributed by atoms with Gasteiger partial charge < -0.3 is 9.32 Å². The number of sulfonamides is 1. The number of benzene rings is 1. The second-order valence-corrected chi connectivity index (χ2v) is 9.61. The van der Waals surface area contributed by atoms with Gasteiger partial charge in [0, 0.05) is 23.7 Å². The molecule has 27 heavy (non-hydrogen) atoms. The second-order valence-electron chi connectivity index (χ2n) is 6.41. The lowest BCUT2D eigenvalue weighted by molar-refractivity contribution is 0.0702. The summed E-state index contributed by atoms with van der Waals surface area (Å²) in [5, 5.41) is 0. The third-order valence-corrected chi connectivity index (χ3v) is 7.34. The quantitative estimate of drug-likeness (QED) is 0.722. The smallest absolute Gasteiger partial charge is 0.289 e. The zero-order chi connectivity index (χ0) is 19.0. The zero-order valence-electron chi connectivity index (χ0n) is 14.6. The fraction of sp³-hybridized carbons (Fsp3) is 0.211. The predicted molar refractivity (Wildman–Crippen MR) is 103 cm³/mol. The molecule has 0 spiro atoms. The Bertz CT molecular complexity index is 1080. The molecule has 8 heteroatoms. The van der Waals surface area contributed by atoms with Crippen LogP contribution in [0, 0.1) is 6.92 Å². The number of fused-ring (bicyclic) bond motifs is 1. The zero-order valence-corrected chi connectivity index (χ0v) is 16.3. The number of carbonyl (C=O) groups excluding carboxylic acids is 1. The summed E-state index contributed by atoms with van der Waals surface area (Å²) in [6.07, 6.45) is 2.20. The van der Waals surface area contributed by atoms with Crippen molar-refractivity contribution in [3.8, 4) is 0 Å². The van der Waals surface area contributed by atoms with E-state index >= 15 is 0 Å².